The van der Waals surface area contributed by atoms with Gasteiger partial charge >= 0.3 is 6.18 Å². The maximum Gasteiger partial charge on any atom is 0.422 e. The van der Waals surface area contributed by atoms with Crippen molar-refractivity contribution in [2.24, 2.45) is 0 Å². The number of carbonyl (C=O) groups excluding carboxylic acids is 2. The molecule has 154 valence electrons. The molecule has 0 spiro atoms. The molecule has 0 saturated heterocycles. The normalized spacial score (nSPS) is 12.2. The summed E-state index contributed by atoms with van der Waals surface area (Å²) in [4.78, 5) is 32.1. The van der Waals surface area contributed by atoms with Crippen LogP contribution in [0, 0.1) is 6.92 Å². The minimum absolute atomic E-state index is 0.0460. The van der Waals surface area contributed by atoms with E-state index in [1.165, 1.54) is 30.5 Å². The Kier molecular flexibility index (Phi) is 7.08. The van der Waals surface area contributed by atoms with Crippen molar-refractivity contribution in [2.75, 3.05) is 6.61 Å². The Labute approximate surface area is 165 Å². The van der Waals surface area contributed by atoms with E-state index in [0.717, 1.165) is 0 Å². The smallest absolute Gasteiger partial charge is 0.422 e. The summed E-state index contributed by atoms with van der Waals surface area (Å²) in [5.41, 5.74) is 1.98. The number of halogens is 3. The number of carbonyl (C=O) groups is 2. The van der Waals surface area contributed by atoms with E-state index >= 15 is 0 Å². The molecule has 9 heteroatoms. The first-order valence-corrected chi connectivity index (χ1v) is 8.66. The van der Waals surface area contributed by atoms with E-state index in [1.54, 1.807) is 19.9 Å². The number of nitrogens with zero attached hydrogens (tertiary/aromatic N) is 2. The van der Waals surface area contributed by atoms with E-state index in [0.29, 0.717) is 22.5 Å². The van der Waals surface area contributed by atoms with Crippen molar-refractivity contribution >= 4 is 11.7 Å². The number of hydrogen-bond donors (Lipinski definition) is 1. The van der Waals surface area contributed by atoms with Gasteiger partial charge in [0.05, 0.1) is 12.5 Å². The number of amides is 1. The topological polar surface area (TPSA) is 81.2 Å². The van der Waals surface area contributed by atoms with Gasteiger partial charge in [0.2, 0.25) is 5.88 Å². The molecule has 1 unspecified atom stereocenters. The highest BCUT2D eigenvalue weighted by atomic mass is 19.4. The van der Waals surface area contributed by atoms with E-state index in [2.05, 4.69) is 26.6 Å². The van der Waals surface area contributed by atoms with Crippen molar-refractivity contribution in [3.63, 3.8) is 0 Å². The molecule has 1 amide bonds. The fourth-order valence-corrected chi connectivity index (χ4v) is 2.46. The Hall–Kier alpha value is -3.23. The third-order valence-corrected chi connectivity index (χ3v) is 3.84. The number of ketones is 1. The van der Waals surface area contributed by atoms with Crippen molar-refractivity contribution in [2.45, 2.75) is 32.5 Å². The van der Waals surface area contributed by atoms with Gasteiger partial charge in [0.15, 0.2) is 12.4 Å². The highest BCUT2D eigenvalue weighted by Gasteiger charge is 2.28. The molecule has 0 saturated carbocycles. The van der Waals surface area contributed by atoms with Crippen LogP contribution in [0.3, 0.4) is 0 Å². The first kappa shape index (κ1) is 22.1. The van der Waals surface area contributed by atoms with Gasteiger partial charge in [0, 0.05) is 29.2 Å². The minimum atomic E-state index is -4.45. The summed E-state index contributed by atoms with van der Waals surface area (Å²) in [6.07, 6.45) is -1.87. The Morgan fingerprint density at radius 2 is 2.03 bits per heavy atom. The second kappa shape index (κ2) is 9.31. The van der Waals surface area contributed by atoms with Gasteiger partial charge in [-0.15, -0.1) is 0 Å². The average molecular weight is 407 g/mol. The molecule has 2 rings (SSSR count). The predicted molar refractivity (Wildman–Crippen MR) is 99.6 cm³/mol. The van der Waals surface area contributed by atoms with Crippen LogP contribution in [0.1, 0.15) is 40.3 Å². The first-order chi connectivity index (χ1) is 13.6. The zero-order chi connectivity index (χ0) is 21.6. The van der Waals surface area contributed by atoms with Gasteiger partial charge in [0.1, 0.15) is 0 Å². The largest absolute Gasteiger partial charge is 0.468 e. The lowest BCUT2D eigenvalue weighted by molar-refractivity contribution is -0.154. The quantitative estimate of drug-likeness (QED) is 0.678. The summed E-state index contributed by atoms with van der Waals surface area (Å²) in [5, 5.41) is 2.78. The van der Waals surface area contributed by atoms with Crippen LogP contribution in [0.15, 0.2) is 43.1 Å². The highest BCUT2D eigenvalue weighted by molar-refractivity contribution is 5.95. The van der Waals surface area contributed by atoms with Gasteiger partial charge in [-0.1, -0.05) is 12.6 Å². The minimum Gasteiger partial charge on any atom is -0.468 e. The molecular formula is C20H20F3N3O3. The zero-order valence-corrected chi connectivity index (χ0v) is 15.9. The Morgan fingerprint density at radius 1 is 1.31 bits per heavy atom. The molecule has 29 heavy (non-hydrogen) atoms. The standard InChI is InChI=1S/C20H20F3N3O3/c1-4-17(27)9-16-8-15(7-12(2)25-16)19(28)26-13(3)14-5-6-18(24-10-14)29-11-20(21,22)23/h4-8,10,13H,1,9,11H2,2-3H3,(H,26,28). The number of allylic oxidation sites excluding steroid dienone is 1. The summed E-state index contributed by atoms with van der Waals surface area (Å²) in [5.74, 6) is -0.750. The van der Waals surface area contributed by atoms with Crippen molar-refractivity contribution < 1.29 is 27.5 Å². The fraction of sp³-hybridized carbons (Fsp3) is 0.300. The molecule has 0 aliphatic rings. The second-order valence-corrected chi connectivity index (χ2v) is 6.36. The first-order valence-electron chi connectivity index (χ1n) is 8.66. The third kappa shape index (κ3) is 7.02. The number of aromatic nitrogens is 2. The molecule has 2 aromatic rings. The summed E-state index contributed by atoms with van der Waals surface area (Å²) < 4.78 is 41.1. The molecule has 2 heterocycles. The van der Waals surface area contributed by atoms with E-state index in [-0.39, 0.29) is 24.0 Å². The molecule has 0 radical (unpaired) electrons. The molecule has 0 aliphatic heterocycles. The molecule has 2 aromatic heterocycles. The van der Waals surface area contributed by atoms with Crippen LogP contribution >= 0.6 is 0 Å². The average Bonchev–Trinajstić information content (AvgIpc) is 2.65. The van der Waals surface area contributed by atoms with Gasteiger partial charge in [-0.3, -0.25) is 14.6 Å². The number of nitrogens with one attached hydrogen (secondary N) is 1. The Balaban J connectivity index is 2.05. The van der Waals surface area contributed by atoms with E-state index in [9.17, 15) is 22.8 Å². The second-order valence-electron chi connectivity index (χ2n) is 6.36. The molecule has 0 aromatic carbocycles. The van der Waals surface area contributed by atoms with Crippen LogP contribution < -0.4 is 10.1 Å². The lowest BCUT2D eigenvalue weighted by atomic mass is 10.1. The Morgan fingerprint density at radius 3 is 2.62 bits per heavy atom. The SMILES string of the molecule is C=CC(=O)Cc1cc(C(=O)NC(C)c2ccc(OCC(F)(F)F)nc2)cc(C)n1. The summed E-state index contributed by atoms with van der Waals surface area (Å²) in [6, 6.07) is 5.49. The van der Waals surface area contributed by atoms with Crippen LogP contribution in [0.25, 0.3) is 0 Å². The van der Waals surface area contributed by atoms with Crippen LogP contribution in [0.2, 0.25) is 0 Å². The van der Waals surface area contributed by atoms with Crippen molar-refractivity contribution in [1.29, 1.82) is 0 Å². The summed E-state index contributed by atoms with van der Waals surface area (Å²) in [6.45, 7) is 5.41. The van der Waals surface area contributed by atoms with E-state index < -0.39 is 18.8 Å². The van der Waals surface area contributed by atoms with Crippen LogP contribution in [0.5, 0.6) is 5.88 Å². The Bertz CT molecular complexity index is 896. The number of alkyl halides is 3. The number of pyridine rings is 2. The van der Waals surface area contributed by atoms with E-state index in [4.69, 9.17) is 0 Å². The van der Waals surface area contributed by atoms with E-state index in [1.807, 2.05) is 0 Å². The molecule has 0 aliphatic carbocycles. The predicted octanol–water partition coefficient (Wildman–Crippen LogP) is 3.51. The molecule has 1 N–H and O–H groups in total. The molecular weight excluding hydrogens is 387 g/mol. The summed E-state index contributed by atoms with van der Waals surface area (Å²) >= 11 is 0. The highest BCUT2D eigenvalue weighted by Crippen LogP contribution is 2.19. The van der Waals surface area contributed by atoms with Crippen molar-refractivity contribution in [1.82, 2.24) is 15.3 Å². The monoisotopic (exact) mass is 407 g/mol. The zero-order valence-electron chi connectivity index (χ0n) is 15.9. The maximum absolute atomic E-state index is 12.6. The molecule has 0 bridgehead atoms. The van der Waals surface area contributed by atoms with Crippen molar-refractivity contribution in [3.8, 4) is 5.88 Å². The van der Waals surface area contributed by atoms with Crippen LogP contribution in [-0.4, -0.2) is 34.4 Å². The van der Waals surface area contributed by atoms with Gasteiger partial charge in [-0.2, -0.15) is 13.2 Å². The van der Waals surface area contributed by atoms with Crippen LogP contribution in [-0.2, 0) is 11.2 Å². The maximum atomic E-state index is 12.6. The summed E-state index contributed by atoms with van der Waals surface area (Å²) in [7, 11) is 0. The molecule has 0 fully saturated rings. The van der Waals surface area contributed by atoms with Gasteiger partial charge in [0.25, 0.3) is 5.91 Å². The fourth-order valence-electron chi connectivity index (χ4n) is 2.46. The number of ether oxygens (including phenoxy) is 1. The lowest BCUT2D eigenvalue weighted by Crippen LogP contribution is -2.27. The number of aryl methyl sites for hydroxylation is 1. The van der Waals surface area contributed by atoms with Gasteiger partial charge in [-0.25, -0.2) is 4.98 Å². The molecule has 6 nitrogen and oxygen atoms in total. The lowest BCUT2D eigenvalue weighted by Gasteiger charge is -2.15. The van der Waals surface area contributed by atoms with Crippen LogP contribution in [0.4, 0.5) is 13.2 Å². The van der Waals surface area contributed by atoms with Crippen molar-refractivity contribution in [3.05, 3.63) is 65.6 Å². The van der Waals surface area contributed by atoms with Gasteiger partial charge < -0.3 is 10.1 Å². The molecule has 1 atom stereocenters. The number of rotatable bonds is 8. The third-order valence-electron chi connectivity index (χ3n) is 3.84. The van der Waals surface area contributed by atoms with Gasteiger partial charge in [-0.05, 0) is 37.6 Å². The number of hydrogen-bond acceptors (Lipinski definition) is 5.